The van der Waals surface area contributed by atoms with Crippen molar-refractivity contribution in [3.63, 3.8) is 0 Å². The molecule has 0 unspecified atom stereocenters. The molecule has 0 N–H and O–H groups in total. The Hall–Kier alpha value is -2.09. The van der Waals surface area contributed by atoms with Gasteiger partial charge in [0.25, 0.3) is 0 Å². The van der Waals surface area contributed by atoms with Crippen molar-refractivity contribution in [1.29, 1.82) is 0 Å². The topological polar surface area (TPSA) is 20.3 Å². The predicted octanol–water partition coefficient (Wildman–Crippen LogP) is 4.01. The normalized spacial score (nSPS) is 10.9. The lowest BCUT2D eigenvalue weighted by Crippen LogP contribution is -2.21. The monoisotopic (exact) mass is 255 g/mol. The van der Waals surface area contributed by atoms with Gasteiger partial charge in [-0.1, -0.05) is 31.4 Å². The van der Waals surface area contributed by atoms with E-state index in [2.05, 4.69) is 31.9 Å². The van der Waals surface area contributed by atoms with E-state index in [4.69, 9.17) is 0 Å². The quantitative estimate of drug-likeness (QED) is 0.417. The first kappa shape index (κ1) is 15.0. The van der Waals surface area contributed by atoms with Gasteiger partial charge < -0.3 is 4.90 Å². The lowest BCUT2D eigenvalue weighted by atomic mass is 10.0. The molecule has 0 radical (unpaired) electrons. The van der Waals surface area contributed by atoms with Gasteiger partial charge in [0, 0.05) is 29.9 Å². The summed E-state index contributed by atoms with van der Waals surface area (Å²) in [4.78, 5) is 14.4. The number of benzene rings is 1. The molecular weight excluding hydrogens is 234 g/mol. The Kier molecular flexibility index (Phi) is 5.80. The second kappa shape index (κ2) is 7.37. The minimum atomic E-state index is -0.0269. The van der Waals surface area contributed by atoms with E-state index in [1.165, 1.54) is 0 Å². The molecule has 0 saturated carbocycles. The van der Waals surface area contributed by atoms with Gasteiger partial charge in [-0.25, -0.2) is 0 Å². The van der Waals surface area contributed by atoms with Crippen LogP contribution in [0.1, 0.15) is 24.2 Å². The summed E-state index contributed by atoms with van der Waals surface area (Å²) >= 11 is 0. The van der Waals surface area contributed by atoms with Gasteiger partial charge in [0.15, 0.2) is 5.78 Å². The van der Waals surface area contributed by atoms with Crippen LogP contribution >= 0.6 is 0 Å². The molecular formula is C17H21NO. The molecule has 2 heteroatoms. The Morgan fingerprint density at radius 1 is 1.16 bits per heavy atom. The molecule has 0 fully saturated rings. The van der Waals surface area contributed by atoms with Crippen LogP contribution in [0.25, 0.3) is 0 Å². The number of carbonyl (C=O) groups excluding carboxylic acids is 1. The lowest BCUT2D eigenvalue weighted by molar-refractivity contribution is 0.103. The molecule has 0 aliphatic carbocycles. The number of ketones is 1. The highest BCUT2D eigenvalue weighted by molar-refractivity contribution is 6.10. The second-order valence-electron chi connectivity index (χ2n) is 4.11. The molecule has 0 saturated heterocycles. The van der Waals surface area contributed by atoms with E-state index in [0.717, 1.165) is 18.8 Å². The van der Waals surface area contributed by atoms with Gasteiger partial charge in [-0.3, -0.25) is 4.79 Å². The number of hydrogen-bond acceptors (Lipinski definition) is 2. The van der Waals surface area contributed by atoms with Crippen molar-refractivity contribution in [3.8, 4) is 0 Å². The van der Waals surface area contributed by atoms with Crippen LogP contribution in [0.15, 0.2) is 61.2 Å². The summed E-state index contributed by atoms with van der Waals surface area (Å²) in [7, 11) is 0. The van der Waals surface area contributed by atoms with E-state index < -0.39 is 0 Å². The van der Waals surface area contributed by atoms with E-state index in [1.54, 1.807) is 18.2 Å². The molecule has 2 nitrogen and oxygen atoms in total. The largest absolute Gasteiger partial charge is 0.372 e. The molecule has 1 aromatic carbocycles. The van der Waals surface area contributed by atoms with Crippen LogP contribution in [0.2, 0.25) is 0 Å². The number of allylic oxidation sites excluding steroid dienone is 4. The fourth-order valence-corrected chi connectivity index (χ4v) is 1.94. The molecule has 0 amide bonds. The van der Waals surface area contributed by atoms with Crippen LogP contribution in [0.5, 0.6) is 0 Å². The Bertz CT molecular complexity index is 478. The van der Waals surface area contributed by atoms with Crippen LogP contribution in [0.4, 0.5) is 5.69 Å². The van der Waals surface area contributed by atoms with E-state index in [0.29, 0.717) is 11.1 Å². The number of hydrogen-bond donors (Lipinski definition) is 0. The fraction of sp³-hybridized carbons (Fsp3) is 0.235. The first-order valence-electron chi connectivity index (χ1n) is 6.52. The van der Waals surface area contributed by atoms with Crippen molar-refractivity contribution >= 4 is 11.5 Å². The Labute approximate surface area is 115 Å². The maximum Gasteiger partial charge on any atom is 0.193 e. The molecule has 0 heterocycles. The maximum absolute atomic E-state index is 12.2. The number of nitrogens with zero attached hydrogens (tertiary/aromatic N) is 1. The van der Waals surface area contributed by atoms with E-state index in [9.17, 15) is 4.79 Å². The van der Waals surface area contributed by atoms with Crippen molar-refractivity contribution < 1.29 is 4.79 Å². The average molecular weight is 255 g/mol. The summed E-state index contributed by atoms with van der Waals surface area (Å²) in [6, 6.07) is 7.68. The van der Waals surface area contributed by atoms with Gasteiger partial charge >= 0.3 is 0 Å². The summed E-state index contributed by atoms with van der Waals surface area (Å²) in [6.07, 6.45) is 4.83. The van der Waals surface area contributed by atoms with Crippen LogP contribution in [-0.2, 0) is 0 Å². The van der Waals surface area contributed by atoms with Gasteiger partial charge in [-0.05, 0) is 38.1 Å². The number of Topliss-reactive ketones (excluding diaryl/α,β-unsaturated/α-hetero) is 1. The molecule has 0 bridgehead atoms. The molecule has 0 atom stereocenters. The first-order valence-corrected chi connectivity index (χ1v) is 6.52. The van der Waals surface area contributed by atoms with Gasteiger partial charge in [-0.2, -0.15) is 0 Å². The third-order valence-electron chi connectivity index (χ3n) is 3.04. The van der Waals surface area contributed by atoms with Gasteiger partial charge in [0.2, 0.25) is 0 Å². The number of rotatable bonds is 7. The maximum atomic E-state index is 12.2. The predicted molar refractivity (Wildman–Crippen MR) is 82.8 cm³/mol. The summed E-state index contributed by atoms with van der Waals surface area (Å²) < 4.78 is 0. The van der Waals surface area contributed by atoms with E-state index in [1.807, 2.05) is 24.3 Å². The van der Waals surface area contributed by atoms with Crippen LogP contribution < -0.4 is 4.90 Å². The van der Waals surface area contributed by atoms with Crippen LogP contribution in [0, 0.1) is 0 Å². The molecule has 0 aliphatic rings. The van der Waals surface area contributed by atoms with Crippen molar-refractivity contribution in [2.75, 3.05) is 18.0 Å². The third kappa shape index (κ3) is 3.68. The summed E-state index contributed by atoms with van der Waals surface area (Å²) in [6.45, 7) is 13.4. The molecule has 19 heavy (non-hydrogen) atoms. The third-order valence-corrected chi connectivity index (χ3v) is 3.04. The highest BCUT2D eigenvalue weighted by atomic mass is 16.1. The Balaban J connectivity index is 2.98. The zero-order valence-corrected chi connectivity index (χ0v) is 11.7. The average Bonchev–Trinajstić information content (AvgIpc) is 2.46. The van der Waals surface area contributed by atoms with Crippen LogP contribution in [-0.4, -0.2) is 18.9 Å². The summed E-state index contributed by atoms with van der Waals surface area (Å²) in [5.41, 5.74) is 2.36. The SMILES string of the molecule is C=C/C=C(\C=C)C(=O)c1ccc(N(CC)CC)cc1. The van der Waals surface area contributed by atoms with Crippen molar-refractivity contribution in [1.82, 2.24) is 0 Å². The highest BCUT2D eigenvalue weighted by Gasteiger charge is 2.09. The summed E-state index contributed by atoms with van der Waals surface area (Å²) in [5.74, 6) is -0.0269. The highest BCUT2D eigenvalue weighted by Crippen LogP contribution is 2.17. The molecule has 1 aromatic rings. The molecule has 100 valence electrons. The zero-order chi connectivity index (χ0) is 14.3. The number of anilines is 1. The van der Waals surface area contributed by atoms with Crippen molar-refractivity contribution in [2.24, 2.45) is 0 Å². The van der Waals surface area contributed by atoms with Gasteiger partial charge in [0.05, 0.1) is 0 Å². The Morgan fingerprint density at radius 2 is 1.74 bits per heavy atom. The second-order valence-corrected chi connectivity index (χ2v) is 4.11. The smallest absolute Gasteiger partial charge is 0.193 e. The first-order chi connectivity index (χ1) is 9.17. The van der Waals surface area contributed by atoms with Gasteiger partial charge in [0.1, 0.15) is 0 Å². The van der Waals surface area contributed by atoms with Crippen molar-refractivity contribution in [2.45, 2.75) is 13.8 Å². The molecule has 0 aromatic heterocycles. The zero-order valence-electron chi connectivity index (χ0n) is 11.7. The molecule has 1 rings (SSSR count). The Morgan fingerprint density at radius 3 is 2.16 bits per heavy atom. The fourth-order valence-electron chi connectivity index (χ4n) is 1.94. The van der Waals surface area contributed by atoms with Crippen LogP contribution in [0.3, 0.4) is 0 Å². The van der Waals surface area contributed by atoms with Crippen molar-refractivity contribution in [3.05, 3.63) is 66.8 Å². The molecule has 0 spiro atoms. The van der Waals surface area contributed by atoms with E-state index in [-0.39, 0.29) is 5.78 Å². The minimum absolute atomic E-state index is 0.0269. The number of carbonyl (C=O) groups is 1. The minimum Gasteiger partial charge on any atom is -0.372 e. The standard InChI is InChI=1S/C17H21NO/c1-5-9-14(6-2)17(19)15-10-12-16(13-11-15)18(7-3)8-4/h5-6,9-13H,1-2,7-8H2,3-4H3/b14-9+. The molecule has 0 aliphatic heterocycles. The van der Waals surface area contributed by atoms with Gasteiger partial charge in [-0.15, -0.1) is 0 Å². The summed E-state index contributed by atoms with van der Waals surface area (Å²) in [5, 5.41) is 0. The van der Waals surface area contributed by atoms with E-state index >= 15 is 0 Å². The lowest BCUT2D eigenvalue weighted by Gasteiger charge is -2.21.